The predicted molar refractivity (Wildman–Crippen MR) is 93.1 cm³/mol. The van der Waals surface area contributed by atoms with Crippen molar-refractivity contribution < 1.29 is 32.3 Å². The fraction of sp³-hybridized carbons (Fsp3) is 0.500. The van der Waals surface area contributed by atoms with E-state index in [4.69, 9.17) is 10.5 Å². The number of nitrogens with zero attached hydrogens (tertiary/aromatic N) is 1. The number of nitrogens with one attached hydrogen (secondary N) is 1. The summed E-state index contributed by atoms with van der Waals surface area (Å²) in [5.41, 5.74) is 4.24. The van der Waals surface area contributed by atoms with E-state index in [9.17, 15) is 27.6 Å². The van der Waals surface area contributed by atoms with E-state index in [1.165, 1.54) is 0 Å². The number of alkyl halides is 3. The highest BCUT2D eigenvalue weighted by Gasteiger charge is 2.31. The summed E-state index contributed by atoms with van der Waals surface area (Å²) in [6, 6.07) is 2.81. The summed E-state index contributed by atoms with van der Waals surface area (Å²) in [5.74, 6) is -1.51. The van der Waals surface area contributed by atoms with E-state index >= 15 is 0 Å². The number of ether oxygens (including phenoxy) is 1. The van der Waals surface area contributed by atoms with Crippen LogP contribution in [0.3, 0.4) is 0 Å². The molecule has 0 bridgehead atoms. The minimum Gasteiger partial charge on any atom is -0.378 e. The van der Waals surface area contributed by atoms with Gasteiger partial charge in [-0.15, -0.1) is 0 Å². The standard InChI is InChI=1S/C18H22F3N3O4/c19-18(20,21)13-6-4-12(5-7-13)16(26)23-14(2-1-3-15(22)25)17(27)24-8-10-28-11-9-24/h4-7,14H,1-3,8-11H2,(H2,22,25)(H,23,26)/t14-/m0/s1. The number of carbonyl (C=O) groups is 3. The van der Waals surface area contributed by atoms with E-state index < -0.39 is 29.6 Å². The van der Waals surface area contributed by atoms with E-state index in [0.717, 1.165) is 24.3 Å². The molecule has 0 saturated carbocycles. The molecule has 1 saturated heterocycles. The lowest BCUT2D eigenvalue weighted by atomic mass is 10.1. The Morgan fingerprint density at radius 3 is 2.29 bits per heavy atom. The molecule has 7 nitrogen and oxygen atoms in total. The van der Waals surface area contributed by atoms with Crippen molar-refractivity contribution >= 4 is 17.7 Å². The fourth-order valence-corrected chi connectivity index (χ4v) is 2.79. The summed E-state index contributed by atoms with van der Waals surface area (Å²) in [5, 5.41) is 2.56. The maximum atomic E-state index is 12.7. The van der Waals surface area contributed by atoms with Gasteiger partial charge in [0, 0.05) is 25.1 Å². The van der Waals surface area contributed by atoms with Crippen molar-refractivity contribution in [1.82, 2.24) is 10.2 Å². The quantitative estimate of drug-likeness (QED) is 0.719. The number of halogens is 3. The van der Waals surface area contributed by atoms with Crippen molar-refractivity contribution in [3.63, 3.8) is 0 Å². The number of hydrogen-bond acceptors (Lipinski definition) is 4. The molecule has 3 N–H and O–H groups in total. The molecule has 1 fully saturated rings. The van der Waals surface area contributed by atoms with E-state index in [1.54, 1.807) is 4.90 Å². The summed E-state index contributed by atoms with van der Waals surface area (Å²) < 4.78 is 43.1. The summed E-state index contributed by atoms with van der Waals surface area (Å²) in [6.45, 7) is 1.52. The second-order valence-corrected chi connectivity index (χ2v) is 6.40. The van der Waals surface area contributed by atoms with Crippen LogP contribution in [0.1, 0.15) is 35.2 Å². The Balaban J connectivity index is 2.07. The predicted octanol–water partition coefficient (Wildman–Crippen LogP) is 1.32. The highest BCUT2D eigenvalue weighted by molar-refractivity contribution is 5.97. The maximum absolute atomic E-state index is 12.7. The number of rotatable bonds is 7. The van der Waals surface area contributed by atoms with Crippen molar-refractivity contribution in [2.75, 3.05) is 26.3 Å². The Morgan fingerprint density at radius 1 is 1.14 bits per heavy atom. The molecule has 0 aliphatic carbocycles. The van der Waals surface area contributed by atoms with E-state index in [-0.39, 0.29) is 24.3 Å². The lowest BCUT2D eigenvalue weighted by molar-refractivity contribution is -0.138. The Labute approximate surface area is 160 Å². The average Bonchev–Trinajstić information content (AvgIpc) is 2.66. The van der Waals surface area contributed by atoms with Crippen molar-refractivity contribution in [1.29, 1.82) is 0 Å². The molecule has 1 aromatic carbocycles. The third-order valence-electron chi connectivity index (χ3n) is 4.32. The molecular formula is C18H22F3N3O4. The molecule has 2 rings (SSSR count). The van der Waals surface area contributed by atoms with Gasteiger partial charge in [-0.1, -0.05) is 0 Å². The maximum Gasteiger partial charge on any atom is 0.416 e. The highest BCUT2D eigenvalue weighted by Crippen LogP contribution is 2.29. The van der Waals surface area contributed by atoms with Gasteiger partial charge < -0.3 is 20.7 Å². The first kappa shape index (κ1) is 21.7. The fourth-order valence-electron chi connectivity index (χ4n) is 2.79. The van der Waals surface area contributed by atoms with Gasteiger partial charge in [0.05, 0.1) is 18.8 Å². The second kappa shape index (κ2) is 9.54. The van der Waals surface area contributed by atoms with Gasteiger partial charge in [-0.05, 0) is 37.1 Å². The number of nitrogens with two attached hydrogens (primary N) is 1. The van der Waals surface area contributed by atoms with E-state index in [0.29, 0.717) is 32.7 Å². The Bertz CT molecular complexity index is 701. The van der Waals surface area contributed by atoms with Gasteiger partial charge in [0.1, 0.15) is 6.04 Å². The van der Waals surface area contributed by atoms with Crippen LogP contribution in [0.5, 0.6) is 0 Å². The van der Waals surface area contributed by atoms with Crippen LogP contribution < -0.4 is 11.1 Å². The summed E-state index contributed by atoms with van der Waals surface area (Å²) >= 11 is 0. The SMILES string of the molecule is NC(=O)CCC[C@H](NC(=O)c1ccc(C(F)(F)F)cc1)C(=O)N1CCOCC1. The topological polar surface area (TPSA) is 102 Å². The summed E-state index contributed by atoms with van der Waals surface area (Å²) in [4.78, 5) is 37.6. The van der Waals surface area contributed by atoms with Crippen LogP contribution in [0.25, 0.3) is 0 Å². The normalized spacial score (nSPS) is 15.8. The van der Waals surface area contributed by atoms with Crippen LogP contribution in [0.4, 0.5) is 13.2 Å². The van der Waals surface area contributed by atoms with Crippen molar-refractivity contribution in [2.24, 2.45) is 5.73 Å². The Kier molecular flexibility index (Phi) is 7.38. The molecule has 0 unspecified atom stereocenters. The first-order valence-electron chi connectivity index (χ1n) is 8.81. The zero-order valence-corrected chi connectivity index (χ0v) is 15.1. The number of carbonyl (C=O) groups excluding carboxylic acids is 3. The molecule has 1 atom stereocenters. The van der Waals surface area contributed by atoms with Crippen LogP contribution in [0.2, 0.25) is 0 Å². The Morgan fingerprint density at radius 2 is 1.75 bits per heavy atom. The van der Waals surface area contributed by atoms with Crippen molar-refractivity contribution in [3.05, 3.63) is 35.4 Å². The molecule has 10 heteroatoms. The molecule has 28 heavy (non-hydrogen) atoms. The van der Waals surface area contributed by atoms with Crippen molar-refractivity contribution in [3.8, 4) is 0 Å². The lowest BCUT2D eigenvalue weighted by Gasteiger charge is -2.30. The van der Waals surface area contributed by atoms with E-state index in [2.05, 4.69) is 5.32 Å². The zero-order valence-electron chi connectivity index (χ0n) is 15.1. The first-order valence-corrected chi connectivity index (χ1v) is 8.81. The van der Waals surface area contributed by atoms with Gasteiger partial charge in [0.2, 0.25) is 11.8 Å². The number of primary amides is 1. The second-order valence-electron chi connectivity index (χ2n) is 6.40. The molecule has 0 spiro atoms. The molecular weight excluding hydrogens is 379 g/mol. The van der Waals surface area contributed by atoms with Gasteiger partial charge in [0.15, 0.2) is 0 Å². The van der Waals surface area contributed by atoms with Crippen LogP contribution >= 0.6 is 0 Å². The zero-order chi connectivity index (χ0) is 20.7. The highest BCUT2D eigenvalue weighted by atomic mass is 19.4. The third-order valence-corrected chi connectivity index (χ3v) is 4.32. The molecule has 1 aliphatic heterocycles. The van der Waals surface area contributed by atoms with Crippen LogP contribution in [-0.4, -0.2) is 55.0 Å². The van der Waals surface area contributed by atoms with E-state index in [1.807, 2.05) is 0 Å². The number of morpholine rings is 1. The molecule has 1 aliphatic rings. The number of amides is 3. The van der Waals surface area contributed by atoms with Crippen LogP contribution in [0, 0.1) is 0 Å². The number of hydrogen-bond donors (Lipinski definition) is 2. The molecule has 1 aromatic rings. The number of benzene rings is 1. The minimum atomic E-state index is -4.50. The lowest BCUT2D eigenvalue weighted by Crippen LogP contribution is -2.51. The largest absolute Gasteiger partial charge is 0.416 e. The molecule has 154 valence electrons. The summed E-state index contributed by atoms with van der Waals surface area (Å²) in [6.07, 6.45) is -3.96. The Hall–Kier alpha value is -2.62. The van der Waals surface area contributed by atoms with Gasteiger partial charge in [-0.3, -0.25) is 14.4 Å². The van der Waals surface area contributed by atoms with Crippen LogP contribution in [0.15, 0.2) is 24.3 Å². The summed E-state index contributed by atoms with van der Waals surface area (Å²) in [7, 11) is 0. The molecule has 1 heterocycles. The molecule has 3 amide bonds. The van der Waals surface area contributed by atoms with Crippen molar-refractivity contribution in [2.45, 2.75) is 31.5 Å². The monoisotopic (exact) mass is 401 g/mol. The van der Waals surface area contributed by atoms with Crippen LogP contribution in [-0.2, 0) is 20.5 Å². The van der Waals surface area contributed by atoms with Gasteiger partial charge in [-0.2, -0.15) is 13.2 Å². The average molecular weight is 401 g/mol. The van der Waals surface area contributed by atoms with Gasteiger partial charge >= 0.3 is 6.18 Å². The molecule has 0 aromatic heterocycles. The smallest absolute Gasteiger partial charge is 0.378 e. The third kappa shape index (κ3) is 6.22. The minimum absolute atomic E-state index is 0.00248. The molecule has 0 radical (unpaired) electrons. The first-order chi connectivity index (χ1) is 13.2. The van der Waals surface area contributed by atoms with Gasteiger partial charge in [-0.25, -0.2) is 0 Å². The van der Waals surface area contributed by atoms with Gasteiger partial charge in [0.25, 0.3) is 5.91 Å².